The molecule has 4 bridgehead atoms. The third kappa shape index (κ3) is 4.81. The van der Waals surface area contributed by atoms with Crippen molar-refractivity contribution >= 4 is 23.3 Å². The molecule has 1 aromatic heterocycles. The quantitative estimate of drug-likeness (QED) is 0.524. The summed E-state index contributed by atoms with van der Waals surface area (Å²) < 4.78 is 5.38. The van der Waals surface area contributed by atoms with Crippen molar-refractivity contribution in [1.29, 1.82) is 0 Å². The number of carbonyl (C=O) groups is 2. The lowest BCUT2D eigenvalue weighted by molar-refractivity contribution is -0.136. The van der Waals surface area contributed by atoms with Crippen LogP contribution in [0.2, 0.25) is 0 Å². The molecule has 5 fully saturated rings. The molecule has 7 rings (SSSR count). The molecule has 3 unspecified atom stereocenters. The molecule has 9 heteroatoms. The highest BCUT2D eigenvalue weighted by atomic mass is 16.5. The molecule has 5 aliphatic rings. The summed E-state index contributed by atoms with van der Waals surface area (Å²) in [5.41, 5.74) is 1.42. The van der Waals surface area contributed by atoms with E-state index in [4.69, 9.17) is 9.72 Å². The van der Waals surface area contributed by atoms with E-state index in [1.807, 2.05) is 30.3 Å². The molecule has 4 saturated carbocycles. The van der Waals surface area contributed by atoms with Crippen LogP contribution < -0.4 is 25.2 Å². The van der Waals surface area contributed by atoms with E-state index in [0.29, 0.717) is 34.8 Å². The number of aromatic nitrogens is 1. The number of piperazine rings is 1. The van der Waals surface area contributed by atoms with Crippen LogP contribution in [-0.2, 0) is 0 Å². The first-order valence-corrected chi connectivity index (χ1v) is 14.2. The van der Waals surface area contributed by atoms with E-state index in [1.165, 1.54) is 0 Å². The average molecular weight is 534 g/mol. The van der Waals surface area contributed by atoms with Gasteiger partial charge < -0.3 is 30.3 Å². The zero-order chi connectivity index (χ0) is 27.3. The van der Waals surface area contributed by atoms with Crippen LogP contribution in [0.1, 0.15) is 59.9 Å². The Balaban J connectivity index is 1.13. The number of hydrogen-bond acceptors (Lipinski definition) is 7. The van der Waals surface area contributed by atoms with Gasteiger partial charge in [0.2, 0.25) is 0 Å². The van der Waals surface area contributed by atoms with E-state index in [-0.39, 0.29) is 23.9 Å². The Hall–Kier alpha value is -3.33. The highest BCUT2D eigenvalue weighted by Gasteiger charge is 2.55. The number of methoxy groups -OCH3 is 1. The maximum absolute atomic E-state index is 13.3. The van der Waals surface area contributed by atoms with Gasteiger partial charge in [-0.05, 0) is 87.1 Å². The van der Waals surface area contributed by atoms with Gasteiger partial charge in [-0.25, -0.2) is 4.98 Å². The van der Waals surface area contributed by atoms with Gasteiger partial charge in [-0.15, -0.1) is 0 Å². The SMILES string of the molecule is CNC(=O)c1cc(N2CCN(c3cccc(C(=O)NC4C5CC6CC4CC(O)(C6)C5)n3)C(C)C2)ccc1OC. The molecule has 2 amide bonds. The second kappa shape index (κ2) is 10.0. The van der Waals surface area contributed by atoms with Crippen molar-refractivity contribution in [2.45, 2.75) is 56.7 Å². The molecule has 1 aliphatic heterocycles. The van der Waals surface area contributed by atoms with Crippen LogP contribution in [0.5, 0.6) is 5.75 Å². The number of carbonyl (C=O) groups excluding carboxylic acids is 2. The minimum atomic E-state index is -0.510. The van der Waals surface area contributed by atoms with Gasteiger partial charge in [0.1, 0.15) is 17.3 Å². The lowest BCUT2D eigenvalue weighted by Crippen LogP contribution is -2.61. The molecule has 9 nitrogen and oxygen atoms in total. The topological polar surface area (TPSA) is 107 Å². The molecule has 0 radical (unpaired) electrons. The van der Waals surface area contributed by atoms with E-state index in [9.17, 15) is 14.7 Å². The van der Waals surface area contributed by atoms with E-state index in [0.717, 1.165) is 63.2 Å². The molecule has 3 N–H and O–H groups in total. The second-order valence-corrected chi connectivity index (χ2v) is 12.0. The third-order valence-corrected chi connectivity index (χ3v) is 9.45. The number of benzene rings is 1. The number of hydrogen-bond donors (Lipinski definition) is 3. The van der Waals surface area contributed by atoms with E-state index in [2.05, 4.69) is 27.4 Å². The molecule has 2 aromatic rings. The number of nitrogens with one attached hydrogen (secondary N) is 2. The maximum atomic E-state index is 13.3. The Morgan fingerprint density at radius 3 is 2.51 bits per heavy atom. The molecule has 39 heavy (non-hydrogen) atoms. The Kier molecular flexibility index (Phi) is 6.65. The summed E-state index contributed by atoms with van der Waals surface area (Å²) >= 11 is 0. The first kappa shape index (κ1) is 25.9. The highest BCUT2D eigenvalue weighted by Crippen LogP contribution is 2.55. The van der Waals surface area contributed by atoms with Gasteiger partial charge in [-0.1, -0.05) is 6.07 Å². The lowest BCUT2D eigenvalue weighted by atomic mass is 9.52. The third-order valence-electron chi connectivity index (χ3n) is 9.45. The van der Waals surface area contributed by atoms with Crippen LogP contribution in [-0.4, -0.2) is 73.4 Å². The zero-order valence-corrected chi connectivity index (χ0v) is 23.0. The van der Waals surface area contributed by atoms with Gasteiger partial charge in [-0.2, -0.15) is 0 Å². The molecule has 0 spiro atoms. The smallest absolute Gasteiger partial charge is 0.270 e. The van der Waals surface area contributed by atoms with Gasteiger partial charge in [0.05, 0.1) is 18.3 Å². The van der Waals surface area contributed by atoms with Gasteiger partial charge in [0, 0.05) is 44.5 Å². The van der Waals surface area contributed by atoms with Gasteiger partial charge in [-0.3, -0.25) is 9.59 Å². The normalized spacial score (nSPS) is 31.2. The van der Waals surface area contributed by atoms with Gasteiger partial charge in [0.15, 0.2) is 0 Å². The van der Waals surface area contributed by atoms with Gasteiger partial charge >= 0.3 is 0 Å². The fraction of sp³-hybridized carbons (Fsp3) is 0.567. The van der Waals surface area contributed by atoms with Crippen LogP contribution >= 0.6 is 0 Å². The van der Waals surface area contributed by atoms with Crippen LogP contribution in [0.15, 0.2) is 36.4 Å². The van der Waals surface area contributed by atoms with Crippen molar-refractivity contribution in [3.63, 3.8) is 0 Å². The Morgan fingerprint density at radius 1 is 1.08 bits per heavy atom. The lowest BCUT2D eigenvalue weighted by Gasteiger charge is -2.58. The van der Waals surface area contributed by atoms with Gasteiger partial charge in [0.25, 0.3) is 11.8 Å². The monoisotopic (exact) mass is 533 g/mol. The number of aliphatic hydroxyl groups is 1. The predicted octanol–water partition coefficient (Wildman–Crippen LogP) is 2.83. The summed E-state index contributed by atoms with van der Waals surface area (Å²) in [6.07, 6.45) is 4.76. The molecule has 3 atom stereocenters. The van der Waals surface area contributed by atoms with Crippen molar-refractivity contribution in [1.82, 2.24) is 15.6 Å². The Labute approximate surface area is 229 Å². The minimum absolute atomic E-state index is 0.118. The zero-order valence-electron chi connectivity index (χ0n) is 23.0. The minimum Gasteiger partial charge on any atom is -0.496 e. The largest absolute Gasteiger partial charge is 0.496 e. The molecule has 1 aromatic carbocycles. The van der Waals surface area contributed by atoms with Crippen LogP contribution in [0.25, 0.3) is 0 Å². The molecule has 4 aliphatic carbocycles. The molecule has 1 saturated heterocycles. The number of anilines is 2. The summed E-state index contributed by atoms with van der Waals surface area (Å²) in [4.78, 5) is 35.0. The molecule has 2 heterocycles. The summed E-state index contributed by atoms with van der Waals surface area (Å²) in [7, 11) is 3.18. The van der Waals surface area contributed by atoms with Crippen molar-refractivity contribution in [2.24, 2.45) is 17.8 Å². The molecular formula is C30H39N5O4. The van der Waals surface area contributed by atoms with Crippen molar-refractivity contribution < 1.29 is 19.4 Å². The first-order valence-electron chi connectivity index (χ1n) is 14.2. The fourth-order valence-corrected chi connectivity index (χ4v) is 7.89. The van der Waals surface area contributed by atoms with Crippen LogP contribution in [0, 0.1) is 17.8 Å². The summed E-state index contributed by atoms with van der Waals surface area (Å²) in [5, 5.41) is 16.9. The predicted molar refractivity (Wildman–Crippen MR) is 149 cm³/mol. The van der Waals surface area contributed by atoms with E-state index < -0.39 is 5.60 Å². The Morgan fingerprint density at radius 2 is 1.85 bits per heavy atom. The number of pyridine rings is 1. The fourth-order valence-electron chi connectivity index (χ4n) is 7.89. The standard InChI is InChI=1S/C30H39N5O4/c1-18-17-34(22-7-8-25(39-3)23(13-22)28(36)31-2)9-10-35(18)26-6-4-5-24(32-26)29(37)33-27-20-11-19-12-21(27)16-30(38,14-19)15-20/h4-8,13,18-21,27,38H,9-12,14-17H2,1-3H3,(H,31,36)(H,33,37). The highest BCUT2D eigenvalue weighted by molar-refractivity contribution is 5.97. The average Bonchev–Trinajstić information content (AvgIpc) is 2.93. The molecular weight excluding hydrogens is 494 g/mol. The number of nitrogens with zero attached hydrogens (tertiary/aromatic N) is 3. The first-order chi connectivity index (χ1) is 18.8. The van der Waals surface area contributed by atoms with E-state index in [1.54, 1.807) is 20.2 Å². The summed E-state index contributed by atoms with van der Waals surface area (Å²) in [6.45, 7) is 4.42. The van der Waals surface area contributed by atoms with Crippen molar-refractivity contribution in [3.8, 4) is 5.75 Å². The van der Waals surface area contributed by atoms with Crippen LogP contribution in [0.3, 0.4) is 0 Å². The Bertz CT molecular complexity index is 1250. The maximum Gasteiger partial charge on any atom is 0.270 e. The number of amides is 2. The summed E-state index contributed by atoms with van der Waals surface area (Å²) in [6, 6.07) is 11.7. The summed E-state index contributed by atoms with van der Waals surface area (Å²) in [5.74, 6) is 2.39. The van der Waals surface area contributed by atoms with E-state index >= 15 is 0 Å². The number of ether oxygens (including phenoxy) is 1. The van der Waals surface area contributed by atoms with Crippen molar-refractivity contribution in [3.05, 3.63) is 47.7 Å². The van der Waals surface area contributed by atoms with Crippen LogP contribution in [0.4, 0.5) is 11.5 Å². The second-order valence-electron chi connectivity index (χ2n) is 12.0. The van der Waals surface area contributed by atoms with Crippen molar-refractivity contribution in [2.75, 3.05) is 43.6 Å². The molecule has 208 valence electrons. The number of rotatable bonds is 6.